The Kier molecular flexibility index (Phi) is 3.88. The van der Waals surface area contributed by atoms with E-state index in [2.05, 4.69) is 15.3 Å². The fraction of sp³-hybridized carbons (Fsp3) is 0.312. The standard InChI is InChI=1S/C16H17FN6O2S/c1-11-7-12(17)3-4-14(11)26(24,25)21(2)13-8-22(9-13)16-6-5-15-19-18-10-23(15)20-16/h3-7,10,13H,8-9H2,1-2H3. The maximum absolute atomic E-state index is 13.3. The summed E-state index contributed by atoms with van der Waals surface area (Å²) in [5, 5.41) is 12.1. The predicted molar refractivity (Wildman–Crippen MR) is 92.9 cm³/mol. The third kappa shape index (κ3) is 2.71. The lowest BCUT2D eigenvalue weighted by Gasteiger charge is -2.43. The summed E-state index contributed by atoms with van der Waals surface area (Å²) in [4.78, 5) is 2.11. The quantitative estimate of drug-likeness (QED) is 0.678. The van der Waals surface area contributed by atoms with Crippen LogP contribution in [0.15, 0.2) is 41.6 Å². The Balaban J connectivity index is 1.50. The van der Waals surface area contributed by atoms with Crippen molar-refractivity contribution in [3.05, 3.63) is 48.0 Å². The minimum atomic E-state index is -3.68. The first-order valence-electron chi connectivity index (χ1n) is 8.02. The molecule has 10 heteroatoms. The average Bonchev–Trinajstić information content (AvgIpc) is 3.00. The van der Waals surface area contributed by atoms with Gasteiger partial charge in [0.15, 0.2) is 5.65 Å². The van der Waals surface area contributed by atoms with Crippen LogP contribution in [0.3, 0.4) is 0 Å². The van der Waals surface area contributed by atoms with Gasteiger partial charge in [-0.1, -0.05) is 0 Å². The van der Waals surface area contributed by atoms with Gasteiger partial charge in [0.2, 0.25) is 10.0 Å². The molecule has 3 heterocycles. The van der Waals surface area contributed by atoms with Gasteiger partial charge in [0.25, 0.3) is 0 Å². The molecule has 4 rings (SSSR count). The number of sulfonamides is 1. The molecule has 1 aliphatic heterocycles. The molecular weight excluding hydrogens is 359 g/mol. The van der Waals surface area contributed by atoms with Crippen LogP contribution >= 0.6 is 0 Å². The molecule has 8 nitrogen and oxygen atoms in total. The molecule has 26 heavy (non-hydrogen) atoms. The van der Waals surface area contributed by atoms with E-state index in [1.165, 1.54) is 28.8 Å². The third-order valence-electron chi connectivity index (χ3n) is 4.64. The fourth-order valence-corrected chi connectivity index (χ4v) is 4.55. The summed E-state index contributed by atoms with van der Waals surface area (Å²) < 4.78 is 41.8. The molecule has 3 aromatic rings. The van der Waals surface area contributed by atoms with E-state index >= 15 is 0 Å². The number of fused-ring (bicyclic) bond motifs is 1. The maximum atomic E-state index is 13.3. The van der Waals surface area contributed by atoms with Crippen molar-refractivity contribution in [2.45, 2.75) is 17.9 Å². The van der Waals surface area contributed by atoms with Crippen molar-refractivity contribution in [1.82, 2.24) is 24.1 Å². The predicted octanol–water partition coefficient (Wildman–Crippen LogP) is 1.08. The van der Waals surface area contributed by atoms with Gasteiger partial charge in [-0.25, -0.2) is 12.8 Å². The number of likely N-dealkylation sites (N-methyl/N-ethyl adjacent to an activating group) is 1. The Labute approximate surface area is 149 Å². The molecule has 1 saturated heterocycles. The summed E-state index contributed by atoms with van der Waals surface area (Å²) >= 11 is 0. The highest BCUT2D eigenvalue weighted by Crippen LogP contribution is 2.27. The molecule has 0 radical (unpaired) electrons. The van der Waals surface area contributed by atoms with Crippen LogP contribution < -0.4 is 4.90 Å². The van der Waals surface area contributed by atoms with E-state index in [-0.39, 0.29) is 10.9 Å². The van der Waals surface area contributed by atoms with Crippen LogP contribution in [0.2, 0.25) is 0 Å². The highest BCUT2D eigenvalue weighted by molar-refractivity contribution is 7.89. The Morgan fingerprint density at radius 3 is 2.73 bits per heavy atom. The van der Waals surface area contributed by atoms with E-state index in [1.807, 2.05) is 17.0 Å². The molecule has 0 unspecified atom stereocenters. The highest BCUT2D eigenvalue weighted by atomic mass is 32.2. The minimum Gasteiger partial charge on any atom is -0.352 e. The van der Waals surface area contributed by atoms with Gasteiger partial charge < -0.3 is 4.90 Å². The van der Waals surface area contributed by atoms with E-state index in [9.17, 15) is 12.8 Å². The molecule has 0 spiro atoms. The van der Waals surface area contributed by atoms with Crippen molar-refractivity contribution in [2.75, 3.05) is 25.0 Å². The molecule has 0 N–H and O–H groups in total. The number of aryl methyl sites for hydroxylation is 1. The van der Waals surface area contributed by atoms with Crippen molar-refractivity contribution in [3.8, 4) is 0 Å². The number of benzene rings is 1. The minimum absolute atomic E-state index is 0.129. The van der Waals surface area contributed by atoms with Gasteiger partial charge in [-0.3, -0.25) is 0 Å². The number of rotatable bonds is 4. The number of hydrogen-bond acceptors (Lipinski definition) is 6. The first kappa shape index (κ1) is 16.9. The van der Waals surface area contributed by atoms with Gasteiger partial charge in [-0.05, 0) is 42.8 Å². The summed E-state index contributed by atoms with van der Waals surface area (Å²) in [5.74, 6) is 0.284. The molecule has 2 aromatic heterocycles. The Bertz CT molecular complexity index is 1080. The van der Waals surface area contributed by atoms with Gasteiger partial charge >= 0.3 is 0 Å². The summed E-state index contributed by atoms with van der Waals surface area (Å²) in [6.07, 6.45) is 1.52. The number of aromatic nitrogens is 4. The van der Waals surface area contributed by atoms with E-state index in [4.69, 9.17) is 0 Å². The van der Waals surface area contributed by atoms with Crippen LogP contribution in [0.1, 0.15) is 5.56 Å². The second kappa shape index (κ2) is 5.99. The fourth-order valence-electron chi connectivity index (χ4n) is 3.01. The summed E-state index contributed by atoms with van der Waals surface area (Å²) in [6, 6.07) is 7.17. The SMILES string of the molecule is Cc1cc(F)ccc1S(=O)(=O)N(C)C1CN(c2ccc3nncn3n2)C1. The molecule has 1 aromatic carbocycles. The number of hydrogen-bond donors (Lipinski definition) is 0. The van der Waals surface area contributed by atoms with Gasteiger partial charge in [0.05, 0.1) is 10.9 Å². The Morgan fingerprint density at radius 2 is 2.00 bits per heavy atom. The summed E-state index contributed by atoms with van der Waals surface area (Å²) in [5.41, 5.74) is 1.05. The van der Waals surface area contributed by atoms with E-state index in [0.29, 0.717) is 24.3 Å². The van der Waals surface area contributed by atoms with Crippen LogP contribution in [-0.2, 0) is 10.0 Å². The van der Waals surface area contributed by atoms with Gasteiger partial charge in [-0.15, -0.1) is 15.3 Å². The molecule has 1 aliphatic rings. The first-order chi connectivity index (χ1) is 12.4. The summed E-state index contributed by atoms with van der Waals surface area (Å²) in [7, 11) is -2.13. The van der Waals surface area contributed by atoms with Crippen LogP contribution in [0.25, 0.3) is 5.65 Å². The smallest absolute Gasteiger partial charge is 0.243 e. The van der Waals surface area contributed by atoms with Gasteiger partial charge in [-0.2, -0.15) is 8.82 Å². The van der Waals surface area contributed by atoms with Crippen LogP contribution in [0, 0.1) is 12.7 Å². The van der Waals surface area contributed by atoms with Crippen molar-refractivity contribution in [1.29, 1.82) is 0 Å². The highest BCUT2D eigenvalue weighted by Gasteiger charge is 2.37. The second-order valence-corrected chi connectivity index (χ2v) is 8.28. The molecule has 0 saturated carbocycles. The Hall–Kier alpha value is -2.59. The van der Waals surface area contributed by atoms with Crippen molar-refractivity contribution in [3.63, 3.8) is 0 Å². The van der Waals surface area contributed by atoms with E-state index < -0.39 is 15.8 Å². The zero-order chi connectivity index (χ0) is 18.5. The normalized spacial score (nSPS) is 15.6. The van der Waals surface area contributed by atoms with Crippen LogP contribution in [-0.4, -0.2) is 58.7 Å². The number of halogens is 1. The maximum Gasteiger partial charge on any atom is 0.243 e. The Morgan fingerprint density at radius 1 is 1.23 bits per heavy atom. The van der Waals surface area contributed by atoms with E-state index in [1.54, 1.807) is 18.5 Å². The zero-order valence-corrected chi connectivity index (χ0v) is 15.1. The van der Waals surface area contributed by atoms with Crippen LogP contribution in [0.5, 0.6) is 0 Å². The second-order valence-electron chi connectivity index (χ2n) is 6.32. The van der Waals surface area contributed by atoms with Gasteiger partial charge in [0.1, 0.15) is 18.0 Å². The number of nitrogens with zero attached hydrogens (tertiary/aromatic N) is 6. The molecule has 0 bridgehead atoms. The zero-order valence-electron chi connectivity index (χ0n) is 14.2. The van der Waals surface area contributed by atoms with Crippen molar-refractivity contribution >= 4 is 21.5 Å². The molecule has 0 aliphatic carbocycles. The lowest BCUT2D eigenvalue weighted by Crippen LogP contribution is -2.60. The third-order valence-corrected chi connectivity index (χ3v) is 6.71. The van der Waals surface area contributed by atoms with Crippen molar-refractivity contribution in [2.24, 2.45) is 0 Å². The molecule has 0 atom stereocenters. The van der Waals surface area contributed by atoms with Gasteiger partial charge in [0, 0.05) is 20.1 Å². The molecular formula is C16H17FN6O2S. The molecule has 136 valence electrons. The molecule has 0 amide bonds. The van der Waals surface area contributed by atoms with Crippen molar-refractivity contribution < 1.29 is 12.8 Å². The average molecular weight is 376 g/mol. The largest absolute Gasteiger partial charge is 0.352 e. The molecule has 1 fully saturated rings. The monoisotopic (exact) mass is 376 g/mol. The number of anilines is 1. The van der Waals surface area contributed by atoms with Crippen LogP contribution in [0.4, 0.5) is 10.2 Å². The van der Waals surface area contributed by atoms with E-state index in [0.717, 1.165) is 5.82 Å². The lowest BCUT2D eigenvalue weighted by atomic mass is 10.1. The topological polar surface area (TPSA) is 83.7 Å². The lowest BCUT2D eigenvalue weighted by molar-refractivity contribution is 0.309. The summed E-state index contributed by atoms with van der Waals surface area (Å²) in [6.45, 7) is 2.64. The first-order valence-corrected chi connectivity index (χ1v) is 9.46.